The number of allylic oxidation sites excluding steroid dienone is 8. The lowest BCUT2D eigenvalue weighted by molar-refractivity contribution is -0.167. The zero-order valence-electron chi connectivity index (χ0n) is 40.4. The summed E-state index contributed by atoms with van der Waals surface area (Å²) in [4.78, 5) is 37.9. The van der Waals surface area contributed by atoms with Crippen molar-refractivity contribution < 1.29 is 28.6 Å². The molecule has 0 spiro atoms. The summed E-state index contributed by atoms with van der Waals surface area (Å²) >= 11 is 0. The molecule has 6 heteroatoms. The molecule has 0 aliphatic rings. The summed E-state index contributed by atoms with van der Waals surface area (Å²) < 4.78 is 16.7. The van der Waals surface area contributed by atoms with Crippen molar-refractivity contribution in [3.05, 3.63) is 48.6 Å². The summed E-state index contributed by atoms with van der Waals surface area (Å²) in [7, 11) is 0. The normalized spacial score (nSPS) is 12.4. The highest BCUT2D eigenvalue weighted by Gasteiger charge is 2.19. The van der Waals surface area contributed by atoms with Crippen molar-refractivity contribution in [3.8, 4) is 0 Å². The van der Waals surface area contributed by atoms with Crippen molar-refractivity contribution in [2.24, 2.45) is 0 Å². The van der Waals surface area contributed by atoms with Crippen LogP contribution < -0.4 is 0 Å². The highest BCUT2D eigenvalue weighted by molar-refractivity contribution is 5.71. The van der Waals surface area contributed by atoms with E-state index in [1.165, 1.54) is 148 Å². The minimum absolute atomic E-state index is 0.0897. The summed E-state index contributed by atoms with van der Waals surface area (Å²) in [5.74, 6) is -0.946. The predicted molar refractivity (Wildman–Crippen MR) is 261 cm³/mol. The summed E-state index contributed by atoms with van der Waals surface area (Å²) in [6, 6.07) is 0. The van der Waals surface area contributed by atoms with E-state index in [4.69, 9.17) is 14.2 Å². The molecule has 0 saturated heterocycles. The number of rotatable bonds is 47. The Bertz CT molecular complexity index is 1070. The lowest BCUT2D eigenvalue weighted by Gasteiger charge is -2.18. The van der Waals surface area contributed by atoms with Crippen molar-refractivity contribution >= 4 is 17.9 Å². The zero-order chi connectivity index (χ0) is 44.4. The van der Waals surface area contributed by atoms with E-state index in [2.05, 4.69) is 69.4 Å². The van der Waals surface area contributed by atoms with E-state index in [-0.39, 0.29) is 37.5 Å². The number of hydrogen-bond donors (Lipinski definition) is 0. The first-order valence-electron chi connectivity index (χ1n) is 26.1. The Balaban J connectivity index is 4.44. The van der Waals surface area contributed by atoms with E-state index in [0.717, 1.165) is 70.6 Å². The van der Waals surface area contributed by atoms with Crippen LogP contribution in [-0.4, -0.2) is 37.2 Å². The molecule has 0 aromatic carbocycles. The van der Waals surface area contributed by atoms with Crippen molar-refractivity contribution in [2.75, 3.05) is 13.2 Å². The Hall–Kier alpha value is -2.63. The third-order valence-corrected chi connectivity index (χ3v) is 11.3. The van der Waals surface area contributed by atoms with Crippen LogP contribution >= 0.6 is 0 Å². The van der Waals surface area contributed by atoms with Gasteiger partial charge in [0.05, 0.1) is 0 Å². The summed E-state index contributed by atoms with van der Waals surface area (Å²) in [6.45, 7) is 6.58. The third-order valence-electron chi connectivity index (χ3n) is 11.3. The molecule has 0 fully saturated rings. The van der Waals surface area contributed by atoms with Gasteiger partial charge in [-0.15, -0.1) is 0 Å². The number of esters is 3. The molecule has 6 nitrogen and oxygen atoms in total. The molecule has 0 saturated carbocycles. The molecule has 354 valence electrons. The fraction of sp³-hybridized carbons (Fsp3) is 0.800. The summed E-state index contributed by atoms with van der Waals surface area (Å²) in [6.07, 6.45) is 59.5. The molecule has 0 aromatic heterocycles. The van der Waals surface area contributed by atoms with Gasteiger partial charge in [0.15, 0.2) is 6.10 Å². The first kappa shape index (κ1) is 58.4. The third kappa shape index (κ3) is 48.3. The topological polar surface area (TPSA) is 78.9 Å². The van der Waals surface area contributed by atoms with Crippen LogP contribution in [-0.2, 0) is 28.6 Å². The van der Waals surface area contributed by atoms with Crippen molar-refractivity contribution in [1.82, 2.24) is 0 Å². The molecule has 0 aliphatic carbocycles. The SMILES string of the molecule is CCCCCC/C=C\CCCCCCCC(=O)O[C@H](COC(=O)CCC/C=C\C/C=C\C/C=C\CCCCCCCC)COC(=O)CCCCCCCCCCCCCCC. The maximum atomic E-state index is 12.8. The highest BCUT2D eigenvalue weighted by Crippen LogP contribution is 2.15. The fourth-order valence-corrected chi connectivity index (χ4v) is 7.34. The standard InChI is InChI=1S/C55H98O6/c1-4-7-10-13-16-19-22-25-26-27-28-31-33-36-39-42-45-48-54(57)60-51-52(61-55(58)49-46-43-40-37-34-30-24-21-18-15-12-9-6-3)50-59-53(56)47-44-41-38-35-32-29-23-20-17-14-11-8-5-2/h21,24-26,28,31,36,39,52H,4-20,22-23,27,29-30,32-35,37-38,40-51H2,1-3H3/b24-21-,26-25-,31-28-,39-36-/t52-/m0/s1. The van der Waals surface area contributed by atoms with Crippen LogP contribution in [0.5, 0.6) is 0 Å². The second-order valence-corrected chi connectivity index (χ2v) is 17.4. The van der Waals surface area contributed by atoms with Gasteiger partial charge in [-0.1, -0.05) is 217 Å². The van der Waals surface area contributed by atoms with E-state index >= 15 is 0 Å². The first-order chi connectivity index (χ1) is 30.0. The molecule has 61 heavy (non-hydrogen) atoms. The Morgan fingerprint density at radius 2 is 0.607 bits per heavy atom. The average molecular weight is 855 g/mol. The maximum absolute atomic E-state index is 12.8. The van der Waals surface area contributed by atoms with Crippen LogP contribution in [0.15, 0.2) is 48.6 Å². The molecule has 0 aromatic rings. The monoisotopic (exact) mass is 855 g/mol. The van der Waals surface area contributed by atoms with E-state index < -0.39 is 6.10 Å². The van der Waals surface area contributed by atoms with Gasteiger partial charge in [0.25, 0.3) is 0 Å². The van der Waals surface area contributed by atoms with E-state index in [0.29, 0.717) is 19.3 Å². The first-order valence-corrected chi connectivity index (χ1v) is 26.1. The van der Waals surface area contributed by atoms with E-state index in [1.54, 1.807) is 0 Å². The second-order valence-electron chi connectivity index (χ2n) is 17.4. The van der Waals surface area contributed by atoms with Crippen LogP contribution in [0, 0.1) is 0 Å². The number of carbonyl (C=O) groups is 3. The van der Waals surface area contributed by atoms with Crippen LogP contribution in [0.4, 0.5) is 0 Å². The molecule has 0 rings (SSSR count). The van der Waals surface area contributed by atoms with Gasteiger partial charge in [-0.05, 0) is 77.0 Å². The van der Waals surface area contributed by atoms with Crippen molar-refractivity contribution in [1.29, 1.82) is 0 Å². The quantitative estimate of drug-likeness (QED) is 0.0263. The summed E-state index contributed by atoms with van der Waals surface area (Å²) in [5, 5.41) is 0. The predicted octanol–water partition coefficient (Wildman–Crippen LogP) is 17.1. The van der Waals surface area contributed by atoms with Gasteiger partial charge in [0.1, 0.15) is 13.2 Å². The lowest BCUT2D eigenvalue weighted by atomic mass is 10.0. The highest BCUT2D eigenvalue weighted by atomic mass is 16.6. The van der Waals surface area contributed by atoms with Gasteiger partial charge < -0.3 is 14.2 Å². The molecular weight excluding hydrogens is 757 g/mol. The van der Waals surface area contributed by atoms with Gasteiger partial charge in [0, 0.05) is 19.3 Å². The molecular formula is C55H98O6. The molecule has 0 heterocycles. The smallest absolute Gasteiger partial charge is 0.306 e. The number of ether oxygens (including phenoxy) is 3. The van der Waals surface area contributed by atoms with Crippen LogP contribution in [0.3, 0.4) is 0 Å². The molecule has 1 atom stereocenters. The van der Waals surface area contributed by atoms with Gasteiger partial charge in [-0.25, -0.2) is 0 Å². The zero-order valence-corrected chi connectivity index (χ0v) is 40.4. The maximum Gasteiger partial charge on any atom is 0.306 e. The van der Waals surface area contributed by atoms with E-state index in [9.17, 15) is 14.4 Å². The molecule has 0 amide bonds. The van der Waals surface area contributed by atoms with Gasteiger partial charge >= 0.3 is 17.9 Å². The summed E-state index contributed by atoms with van der Waals surface area (Å²) in [5.41, 5.74) is 0. The fourth-order valence-electron chi connectivity index (χ4n) is 7.34. The van der Waals surface area contributed by atoms with Crippen molar-refractivity contribution in [3.63, 3.8) is 0 Å². The van der Waals surface area contributed by atoms with Crippen LogP contribution in [0.25, 0.3) is 0 Å². The number of carbonyl (C=O) groups excluding carboxylic acids is 3. The molecule has 0 bridgehead atoms. The molecule has 0 unspecified atom stereocenters. The second kappa shape index (κ2) is 50.0. The lowest BCUT2D eigenvalue weighted by Crippen LogP contribution is -2.30. The largest absolute Gasteiger partial charge is 0.462 e. The Kier molecular flexibility index (Phi) is 47.9. The average Bonchev–Trinajstić information content (AvgIpc) is 3.26. The van der Waals surface area contributed by atoms with Crippen LogP contribution in [0.2, 0.25) is 0 Å². The molecule has 0 N–H and O–H groups in total. The van der Waals surface area contributed by atoms with Gasteiger partial charge in [-0.3, -0.25) is 14.4 Å². The molecule has 0 aliphatic heterocycles. The number of hydrogen-bond acceptors (Lipinski definition) is 6. The Morgan fingerprint density at radius 3 is 1.02 bits per heavy atom. The Morgan fingerprint density at radius 1 is 0.328 bits per heavy atom. The van der Waals surface area contributed by atoms with E-state index in [1.807, 2.05) is 0 Å². The minimum Gasteiger partial charge on any atom is -0.462 e. The number of unbranched alkanes of at least 4 members (excludes halogenated alkanes) is 28. The minimum atomic E-state index is -0.794. The van der Waals surface area contributed by atoms with Gasteiger partial charge in [0.2, 0.25) is 0 Å². The molecule has 0 radical (unpaired) electrons. The Labute approximate surface area is 378 Å². The van der Waals surface area contributed by atoms with Crippen molar-refractivity contribution in [2.45, 2.75) is 271 Å². The van der Waals surface area contributed by atoms with Gasteiger partial charge in [-0.2, -0.15) is 0 Å². The van der Waals surface area contributed by atoms with Crippen LogP contribution in [0.1, 0.15) is 265 Å².